The third-order valence-electron chi connectivity index (χ3n) is 5.26. The summed E-state index contributed by atoms with van der Waals surface area (Å²) < 4.78 is 30.2. The van der Waals surface area contributed by atoms with Crippen LogP contribution in [0, 0.1) is 5.82 Å². The Hall–Kier alpha value is -3.17. The molecule has 0 unspecified atom stereocenters. The molecule has 2 aromatic carbocycles. The summed E-state index contributed by atoms with van der Waals surface area (Å²) in [5, 5.41) is 3.80. The topological polar surface area (TPSA) is 85.8 Å². The summed E-state index contributed by atoms with van der Waals surface area (Å²) in [5.41, 5.74) is 0.751. The number of aromatic nitrogens is 2. The fourth-order valence-corrected chi connectivity index (χ4v) is 4.03. The van der Waals surface area contributed by atoms with Crippen molar-refractivity contribution in [2.24, 2.45) is 0 Å². The van der Waals surface area contributed by atoms with Gasteiger partial charge in [0.1, 0.15) is 11.4 Å². The average Bonchev–Trinajstić information content (AvgIpc) is 2.77. The summed E-state index contributed by atoms with van der Waals surface area (Å²) in [6, 6.07) is 7.90. The standard InChI is InChI=1S/C24H26ClFN4O4/c1-24(2)14-30(13-22(31)34-24)7-4-8-33-21-9-15-12-27-23(29-19(15)11-20(21)32-3)28-16-5-6-18(26)17(25)10-16/h5-6,9-12H,4,7-8,13-14H2,1-3H3,(H,27,28,29). The monoisotopic (exact) mass is 488 g/mol. The Kier molecular flexibility index (Phi) is 7.04. The van der Waals surface area contributed by atoms with Crippen LogP contribution in [0.3, 0.4) is 0 Å². The molecule has 0 amide bonds. The molecule has 8 nitrogen and oxygen atoms in total. The van der Waals surface area contributed by atoms with Gasteiger partial charge in [0.05, 0.1) is 30.8 Å². The summed E-state index contributed by atoms with van der Waals surface area (Å²) in [6.45, 7) is 5.98. The number of benzene rings is 2. The molecule has 4 rings (SSSR count). The van der Waals surface area contributed by atoms with Crippen LogP contribution >= 0.6 is 11.6 Å². The summed E-state index contributed by atoms with van der Waals surface area (Å²) in [6.07, 6.45) is 2.41. The smallest absolute Gasteiger partial charge is 0.320 e. The lowest BCUT2D eigenvalue weighted by atomic mass is 10.1. The Bertz CT molecular complexity index is 1210. The molecule has 0 radical (unpaired) electrons. The number of cyclic esters (lactones) is 1. The van der Waals surface area contributed by atoms with Crippen LogP contribution in [0.2, 0.25) is 5.02 Å². The number of esters is 1. The number of hydrogen-bond acceptors (Lipinski definition) is 8. The number of carbonyl (C=O) groups excluding carboxylic acids is 1. The van der Waals surface area contributed by atoms with Crippen LogP contribution in [-0.4, -0.2) is 59.8 Å². The Morgan fingerprint density at radius 3 is 2.82 bits per heavy atom. The fraction of sp³-hybridized carbons (Fsp3) is 0.375. The van der Waals surface area contributed by atoms with Gasteiger partial charge >= 0.3 is 5.97 Å². The Balaban J connectivity index is 1.40. The second kappa shape index (κ2) is 9.99. The van der Waals surface area contributed by atoms with Crippen molar-refractivity contribution in [3.05, 3.63) is 47.4 Å². The highest BCUT2D eigenvalue weighted by Crippen LogP contribution is 2.32. The second-order valence-electron chi connectivity index (χ2n) is 8.66. The molecule has 1 saturated heterocycles. The number of ether oxygens (including phenoxy) is 3. The van der Waals surface area contributed by atoms with E-state index < -0.39 is 11.4 Å². The zero-order valence-electron chi connectivity index (χ0n) is 19.2. The molecule has 0 saturated carbocycles. The van der Waals surface area contributed by atoms with Gasteiger partial charge in [-0.3, -0.25) is 9.69 Å². The summed E-state index contributed by atoms with van der Waals surface area (Å²) >= 11 is 5.84. The molecule has 0 spiro atoms. The number of morpholine rings is 1. The van der Waals surface area contributed by atoms with Gasteiger partial charge in [-0.1, -0.05) is 11.6 Å². The molecule has 1 fully saturated rings. The van der Waals surface area contributed by atoms with Gasteiger partial charge in [0.15, 0.2) is 11.5 Å². The van der Waals surface area contributed by atoms with E-state index in [1.165, 1.54) is 12.1 Å². The second-order valence-corrected chi connectivity index (χ2v) is 9.06. The van der Waals surface area contributed by atoms with Gasteiger partial charge < -0.3 is 19.5 Å². The maximum absolute atomic E-state index is 13.4. The summed E-state index contributed by atoms with van der Waals surface area (Å²) in [4.78, 5) is 22.7. The largest absolute Gasteiger partial charge is 0.493 e. The van der Waals surface area contributed by atoms with E-state index >= 15 is 0 Å². The van der Waals surface area contributed by atoms with Crippen molar-refractivity contribution in [3.63, 3.8) is 0 Å². The first-order chi connectivity index (χ1) is 16.2. The molecule has 2 heterocycles. The summed E-state index contributed by atoms with van der Waals surface area (Å²) in [5.74, 6) is 0.775. The van der Waals surface area contributed by atoms with Gasteiger partial charge in [0.2, 0.25) is 5.95 Å². The predicted octanol–water partition coefficient (Wildman–Crippen LogP) is 4.58. The number of hydrogen-bond donors (Lipinski definition) is 1. The van der Waals surface area contributed by atoms with Crippen LogP contribution in [0.1, 0.15) is 20.3 Å². The van der Waals surface area contributed by atoms with Gasteiger partial charge in [-0.15, -0.1) is 0 Å². The Morgan fingerprint density at radius 2 is 2.09 bits per heavy atom. The Morgan fingerprint density at radius 1 is 1.26 bits per heavy atom. The van der Waals surface area contributed by atoms with Crippen LogP contribution in [0.25, 0.3) is 10.9 Å². The number of nitrogens with zero attached hydrogens (tertiary/aromatic N) is 3. The molecule has 3 aromatic rings. The van der Waals surface area contributed by atoms with E-state index in [0.29, 0.717) is 48.3 Å². The highest BCUT2D eigenvalue weighted by molar-refractivity contribution is 6.31. The number of methoxy groups -OCH3 is 1. The SMILES string of the molecule is COc1cc2nc(Nc3ccc(F)c(Cl)c3)ncc2cc1OCCCN1CC(=O)OC(C)(C)C1. The van der Waals surface area contributed by atoms with Crippen molar-refractivity contribution < 1.29 is 23.4 Å². The molecule has 180 valence electrons. The number of halogens is 2. The van der Waals surface area contributed by atoms with Crippen LogP contribution in [0.5, 0.6) is 11.5 Å². The molecule has 1 aliphatic heterocycles. The quantitative estimate of drug-likeness (QED) is 0.364. The lowest BCUT2D eigenvalue weighted by molar-refractivity contribution is -0.169. The number of carbonyl (C=O) groups is 1. The number of nitrogens with one attached hydrogen (secondary N) is 1. The van der Waals surface area contributed by atoms with Crippen molar-refractivity contribution in [2.45, 2.75) is 25.9 Å². The zero-order valence-corrected chi connectivity index (χ0v) is 20.0. The van der Waals surface area contributed by atoms with Crippen LogP contribution in [0.4, 0.5) is 16.0 Å². The van der Waals surface area contributed by atoms with Crippen molar-refractivity contribution >= 4 is 40.1 Å². The van der Waals surface area contributed by atoms with E-state index in [4.69, 9.17) is 25.8 Å². The van der Waals surface area contributed by atoms with E-state index in [2.05, 4.69) is 20.2 Å². The first-order valence-corrected chi connectivity index (χ1v) is 11.2. The predicted molar refractivity (Wildman–Crippen MR) is 128 cm³/mol. The van der Waals surface area contributed by atoms with Gasteiger partial charge in [-0.2, -0.15) is 0 Å². The molecule has 0 atom stereocenters. The molecular weight excluding hydrogens is 463 g/mol. The van der Waals surface area contributed by atoms with E-state index in [0.717, 1.165) is 18.4 Å². The van der Waals surface area contributed by atoms with Gasteiger partial charge in [-0.05, 0) is 44.5 Å². The molecular formula is C24H26ClFN4O4. The van der Waals surface area contributed by atoms with E-state index in [1.807, 2.05) is 19.9 Å². The lowest BCUT2D eigenvalue weighted by Gasteiger charge is -2.37. The molecule has 1 aliphatic rings. The van der Waals surface area contributed by atoms with Crippen molar-refractivity contribution in [1.82, 2.24) is 14.9 Å². The highest BCUT2D eigenvalue weighted by atomic mass is 35.5. The average molecular weight is 489 g/mol. The van der Waals surface area contributed by atoms with Crippen molar-refractivity contribution in [2.75, 3.05) is 38.7 Å². The van der Waals surface area contributed by atoms with E-state index in [9.17, 15) is 9.18 Å². The Labute approximate surface area is 202 Å². The zero-order chi connectivity index (χ0) is 24.3. The molecule has 0 bridgehead atoms. The molecule has 1 aromatic heterocycles. The highest BCUT2D eigenvalue weighted by Gasteiger charge is 2.32. The van der Waals surface area contributed by atoms with Crippen LogP contribution in [-0.2, 0) is 9.53 Å². The minimum atomic E-state index is -0.494. The third-order valence-corrected chi connectivity index (χ3v) is 5.55. The maximum Gasteiger partial charge on any atom is 0.320 e. The molecule has 1 N–H and O–H groups in total. The van der Waals surface area contributed by atoms with E-state index in [1.54, 1.807) is 25.4 Å². The van der Waals surface area contributed by atoms with Crippen molar-refractivity contribution in [3.8, 4) is 11.5 Å². The van der Waals surface area contributed by atoms with Gasteiger partial charge in [0.25, 0.3) is 0 Å². The first kappa shape index (κ1) is 24.0. The minimum absolute atomic E-state index is 0.0122. The van der Waals surface area contributed by atoms with Gasteiger partial charge in [-0.25, -0.2) is 14.4 Å². The summed E-state index contributed by atoms with van der Waals surface area (Å²) in [7, 11) is 1.57. The number of rotatable bonds is 8. The third kappa shape index (κ3) is 5.84. The molecule has 0 aliphatic carbocycles. The minimum Gasteiger partial charge on any atom is -0.493 e. The van der Waals surface area contributed by atoms with E-state index in [-0.39, 0.29) is 11.0 Å². The fourth-order valence-electron chi connectivity index (χ4n) is 3.85. The van der Waals surface area contributed by atoms with Crippen molar-refractivity contribution in [1.29, 1.82) is 0 Å². The van der Waals surface area contributed by atoms with Gasteiger partial charge in [0, 0.05) is 36.4 Å². The van der Waals surface area contributed by atoms with Crippen LogP contribution in [0.15, 0.2) is 36.5 Å². The number of fused-ring (bicyclic) bond motifs is 1. The molecule has 34 heavy (non-hydrogen) atoms. The molecule has 10 heteroatoms. The maximum atomic E-state index is 13.4. The normalized spacial score (nSPS) is 15.7. The van der Waals surface area contributed by atoms with Crippen LogP contribution < -0.4 is 14.8 Å². The number of anilines is 2. The first-order valence-electron chi connectivity index (χ1n) is 10.9. The lowest BCUT2D eigenvalue weighted by Crippen LogP contribution is -2.51.